The normalized spacial score (nSPS) is 18.3. The summed E-state index contributed by atoms with van der Waals surface area (Å²) in [6.45, 7) is 3.41. The van der Waals surface area contributed by atoms with E-state index in [2.05, 4.69) is 72.9 Å². The molecule has 1 saturated heterocycles. The molecule has 1 nitrogen and oxygen atoms in total. The van der Waals surface area contributed by atoms with Crippen LogP contribution in [0.3, 0.4) is 0 Å². The topological polar surface area (TPSA) is 21.9 Å². The van der Waals surface area contributed by atoms with E-state index in [1.165, 1.54) is 24.0 Å². The van der Waals surface area contributed by atoms with E-state index in [4.69, 9.17) is 0 Å². The van der Waals surface area contributed by atoms with Crippen molar-refractivity contribution >= 4 is 0 Å². The van der Waals surface area contributed by atoms with Gasteiger partial charge < -0.3 is 5.32 Å². The Hall–Kier alpha value is -1.60. The molecule has 19 heavy (non-hydrogen) atoms. The Morgan fingerprint density at radius 2 is 1.42 bits per heavy atom. The van der Waals surface area contributed by atoms with Crippen LogP contribution in [0, 0.1) is 0 Å². The summed E-state index contributed by atoms with van der Waals surface area (Å²) in [5.41, 5.74) is 3.02. The maximum absolute atomic E-state index is 3.56. The van der Waals surface area contributed by atoms with Gasteiger partial charge in [0, 0.05) is 18.0 Å². The van der Waals surface area contributed by atoms with Gasteiger partial charge in [-0.05, 0) is 17.5 Å². The van der Waals surface area contributed by atoms with E-state index >= 15 is 0 Å². The predicted octanol–water partition coefficient (Wildman–Crippen LogP) is 3.74. The Labute approximate surface area is 115 Å². The van der Waals surface area contributed by atoms with Crippen molar-refractivity contribution in [2.45, 2.75) is 31.2 Å². The van der Waals surface area contributed by atoms with E-state index < -0.39 is 0 Å². The van der Waals surface area contributed by atoms with Crippen LogP contribution in [0.25, 0.3) is 0 Å². The third-order valence-corrected chi connectivity index (χ3v) is 4.23. The molecule has 0 spiro atoms. The first-order valence-electron chi connectivity index (χ1n) is 7.22. The van der Waals surface area contributed by atoms with E-state index in [1.54, 1.807) is 0 Å². The van der Waals surface area contributed by atoms with Crippen molar-refractivity contribution < 1.29 is 0 Å². The average Bonchev–Trinajstić information content (AvgIpc) is 3.32. The number of hydrogen-bond acceptors (Lipinski definition) is 1. The lowest BCUT2D eigenvalue weighted by Crippen LogP contribution is -2.35. The van der Waals surface area contributed by atoms with Crippen LogP contribution in [0.4, 0.5) is 0 Å². The number of hydrogen-bond donors (Lipinski definition) is 1. The summed E-state index contributed by atoms with van der Waals surface area (Å²) < 4.78 is 0. The van der Waals surface area contributed by atoms with Gasteiger partial charge in [-0.3, -0.25) is 0 Å². The fourth-order valence-corrected chi connectivity index (χ4v) is 3.30. The van der Waals surface area contributed by atoms with Crippen molar-refractivity contribution in [3.05, 3.63) is 71.8 Å². The van der Waals surface area contributed by atoms with E-state index in [9.17, 15) is 0 Å². The number of nitrogens with one attached hydrogen (secondary N) is 1. The minimum atomic E-state index is 0.136. The van der Waals surface area contributed by atoms with Gasteiger partial charge in [0.2, 0.25) is 0 Å². The fraction of sp³-hybridized carbons (Fsp3) is 0.333. The minimum Gasteiger partial charge on any atom is -0.310 e. The zero-order valence-corrected chi connectivity index (χ0v) is 11.5. The molecule has 1 heterocycles. The highest BCUT2D eigenvalue weighted by Gasteiger charge is 2.46. The van der Waals surface area contributed by atoms with Gasteiger partial charge in [0.15, 0.2) is 0 Å². The molecular formula is C18H21N. The molecule has 0 radical (unpaired) electrons. The van der Waals surface area contributed by atoms with Gasteiger partial charge in [0.1, 0.15) is 0 Å². The molecule has 1 atom stereocenters. The van der Waals surface area contributed by atoms with Gasteiger partial charge in [-0.1, -0.05) is 74.0 Å². The Kier molecular flexibility index (Phi) is 3.39. The van der Waals surface area contributed by atoms with Gasteiger partial charge in [0.25, 0.3) is 0 Å². The second-order valence-electron chi connectivity index (χ2n) is 5.41. The van der Waals surface area contributed by atoms with Crippen LogP contribution >= 0.6 is 0 Å². The van der Waals surface area contributed by atoms with Crippen molar-refractivity contribution in [2.24, 2.45) is 0 Å². The van der Waals surface area contributed by atoms with E-state index in [-0.39, 0.29) is 5.41 Å². The zero-order valence-electron chi connectivity index (χ0n) is 11.5. The quantitative estimate of drug-likeness (QED) is 0.803. The molecule has 0 aromatic heterocycles. The summed E-state index contributed by atoms with van der Waals surface area (Å²) in [5, 5.41) is 3.56. The van der Waals surface area contributed by atoms with Crippen molar-refractivity contribution in [1.82, 2.24) is 5.32 Å². The van der Waals surface area contributed by atoms with E-state index in [0.29, 0.717) is 6.04 Å². The molecule has 0 amide bonds. The molecule has 1 fully saturated rings. The van der Waals surface area contributed by atoms with Gasteiger partial charge in [-0.2, -0.15) is 0 Å². The molecule has 2 aromatic carbocycles. The molecule has 1 unspecified atom stereocenters. The molecule has 98 valence electrons. The SMILES string of the molecule is CCCC(c1ccccc1)(c1ccccc1)C1CN1. The van der Waals surface area contributed by atoms with Gasteiger partial charge in [-0.15, -0.1) is 0 Å². The molecule has 1 aliphatic rings. The van der Waals surface area contributed by atoms with Crippen LogP contribution < -0.4 is 5.32 Å². The fourth-order valence-electron chi connectivity index (χ4n) is 3.30. The summed E-state index contributed by atoms with van der Waals surface area (Å²) in [4.78, 5) is 0. The van der Waals surface area contributed by atoms with Gasteiger partial charge in [0.05, 0.1) is 0 Å². The summed E-state index contributed by atoms with van der Waals surface area (Å²) in [6.07, 6.45) is 2.39. The first-order valence-corrected chi connectivity index (χ1v) is 7.22. The highest BCUT2D eigenvalue weighted by Crippen LogP contribution is 2.42. The highest BCUT2D eigenvalue weighted by molar-refractivity contribution is 5.43. The van der Waals surface area contributed by atoms with E-state index in [0.717, 1.165) is 6.54 Å². The third kappa shape index (κ3) is 2.19. The van der Waals surface area contributed by atoms with Crippen molar-refractivity contribution in [1.29, 1.82) is 0 Å². The molecule has 0 bridgehead atoms. The molecule has 0 saturated carbocycles. The molecule has 1 heteroatoms. The molecular weight excluding hydrogens is 230 g/mol. The Bertz CT molecular complexity index is 474. The van der Waals surface area contributed by atoms with Crippen molar-refractivity contribution in [3.63, 3.8) is 0 Å². The molecule has 1 aliphatic heterocycles. The highest BCUT2D eigenvalue weighted by atomic mass is 15.1. The smallest absolute Gasteiger partial charge is 0.0368 e. The molecule has 1 N–H and O–H groups in total. The zero-order chi connectivity index (χ0) is 13.1. The van der Waals surface area contributed by atoms with Crippen LogP contribution in [0.1, 0.15) is 30.9 Å². The monoisotopic (exact) mass is 251 g/mol. The number of benzene rings is 2. The summed E-state index contributed by atoms with van der Waals surface area (Å²) in [6, 6.07) is 22.5. The predicted molar refractivity (Wildman–Crippen MR) is 80.4 cm³/mol. The molecule has 3 rings (SSSR count). The maximum Gasteiger partial charge on any atom is 0.0368 e. The summed E-state index contributed by atoms with van der Waals surface area (Å²) in [7, 11) is 0. The van der Waals surface area contributed by atoms with Crippen LogP contribution in [-0.4, -0.2) is 12.6 Å². The van der Waals surface area contributed by atoms with Crippen LogP contribution in [0.2, 0.25) is 0 Å². The van der Waals surface area contributed by atoms with Crippen LogP contribution in [0.5, 0.6) is 0 Å². The largest absolute Gasteiger partial charge is 0.310 e. The third-order valence-electron chi connectivity index (χ3n) is 4.23. The second-order valence-corrected chi connectivity index (χ2v) is 5.41. The van der Waals surface area contributed by atoms with E-state index in [1.807, 2.05) is 0 Å². The number of rotatable bonds is 5. The first kappa shape index (κ1) is 12.4. The van der Waals surface area contributed by atoms with Gasteiger partial charge >= 0.3 is 0 Å². The second kappa shape index (κ2) is 5.18. The first-order chi connectivity index (χ1) is 9.38. The van der Waals surface area contributed by atoms with Crippen molar-refractivity contribution in [2.75, 3.05) is 6.54 Å². The Morgan fingerprint density at radius 3 is 1.79 bits per heavy atom. The van der Waals surface area contributed by atoms with Crippen molar-refractivity contribution in [3.8, 4) is 0 Å². The maximum atomic E-state index is 3.56. The molecule has 2 aromatic rings. The lowest BCUT2D eigenvalue weighted by atomic mass is 9.69. The molecule has 0 aliphatic carbocycles. The lowest BCUT2D eigenvalue weighted by molar-refractivity contribution is 0.455. The van der Waals surface area contributed by atoms with Crippen LogP contribution in [0.15, 0.2) is 60.7 Å². The standard InChI is InChI=1S/C18H21N/c1-2-13-18(17-14-19-17,15-9-5-3-6-10-15)16-11-7-4-8-12-16/h3-12,17,19H,2,13-14H2,1H3. The Balaban J connectivity index is 2.14. The Morgan fingerprint density at radius 1 is 0.947 bits per heavy atom. The lowest BCUT2D eigenvalue weighted by Gasteiger charge is -2.34. The van der Waals surface area contributed by atoms with Crippen LogP contribution in [-0.2, 0) is 5.41 Å². The average molecular weight is 251 g/mol. The minimum absolute atomic E-state index is 0.136. The van der Waals surface area contributed by atoms with Gasteiger partial charge in [-0.25, -0.2) is 0 Å². The summed E-state index contributed by atoms with van der Waals surface area (Å²) in [5.74, 6) is 0. The summed E-state index contributed by atoms with van der Waals surface area (Å²) >= 11 is 0.